The van der Waals surface area contributed by atoms with Crippen molar-refractivity contribution in [1.29, 1.82) is 0 Å². The average Bonchev–Trinajstić information content (AvgIpc) is 3.06. The molecule has 2 aromatic rings. The van der Waals surface area contributed by atoms with E-state index in [2.05, 4.69) is 10.6 Å². The van der Waals surface area contributed by atoms with E-state index in [0.717, 1.165) is 11.6 Å². The second-order valence-electron chi connectivity index (χ2n) is 6.80. The second-order valence-corrected chi connectivity index (χ2v) is 7.21. The van der Waals surface area contributed by atoms with Gasteiger partial charge in [-0.1, -0.05) is 48.0 Å². The third-order valence-electron chi connectivity index (χ3n) is 4.70. The first-order chi connectivity index (χ1) is 14.0. The van der Waals surface area contributed by atoms with Crippen molar-refractivity contribution in [3.05, 3.63) is 70.5 Å². The monoisotopic (exact) mass is 417 g/mol. The van der Waals surface area contributed by atoms with Crippen LogP contribution in [-0.4, -0.2) is 42.3 Å². The molecule has 0 bridgehead atoms. The van der Waals surface area contributed by atoms with Crippen molar-refractivity contribution in [3.8, 4) is 0 Å². The molecule has 2 aromatic carbocycles. The van der Waals surface area contributed by atoms with Gasteiger partial charge in [-0.2, -0.15) is 0 Å². The molecule has 2 N–H and O–H groups in total. The molecule has 6 nitrogen and oxygen atoms in total. The van der Waals surface area contributed by atoms with E-state index in [-0.39, 0.29) is 41.9 Å². The molecule has 1 saturated heterocycles. The van der Waals surface area contributed by atoms with Crippen LogP contribution in [0.15, 0.2) is 48.5 Å². The van der Waals surface area contributed by atoms with Crippen LogP contribution in [0, 0.1) is 11.7 Å². The van der Waals surface area contributed by atoms with Crippen molar-refractivity contribution in [1.82, 2.24) is 15.5 Å². The molecule has 152 valence electrons. The van der Waals surface area contributed by atoms with E-state index < -0.39 is 17.6 Å². The summed E-state index contributed by atoms with van der Waals surface area (Å²) in [7, 11) is 0. The average molecular weight is 418 g/mol. The molecule has 0 spiro atoms. The summed E-state index contributed by atoms with van der Waals surface area (Å²) < 4.78 is 13.7. The van der Waals surface area contributed by atoms with Gasteiger partial charge >= 0.3 is 0 Å². The zero-order valence-electron chi connectivity index (χ0n) is 15.7. The van der Waals surface area contributed by atoms with Crippen molar-refractivity contribution >= 4 is 29.3 Å². The Kier molecular flexibility index (Phi) is 6.82. The van der Waals surface area contributed by atoms with Crippen LogP contribution in [0.25, 0.3) is 0 Å². The summed E-state index contributed by atoms with van der Waals surface area (Å²) in [6, 6.07) is 13.6. The molecule has 1 aliphatic rings. The Hall–Kier alpha value is -2.93. The molecule has 1 heterocycles. The predicted molar refractivity (Wildman–Crippen MR) is 107 cm³/mol. The summed E-state index contributed by atoms with van der Waals surface area (Å²) in [5, 5.41) is 5.25. The molecular formula is C21H21ClFN3O3. The van der Waals surface area contributed by atoms with E-state index in [9.17, 15) is 18.8 Å². The highest BCUT2D eigenvalue weighted by atomic mass is 35.5. The first-order valence-electron chi connectivity index (χ1n) is 9.27. The van der Waals surface area contributed by atoms with E-state index in [0.29, 0.717) is 13.1 Å². The maximum Gasteiger partial charge on any atom is 0.255 e. The standard InChI is InChI=1S/C21H21ClFN3O3/c22-16-7-4-8-17(23)19(16)21(29)25-10-9-24-20(28)15-11-18(27)26(13-15)12-14-5-2-1-3-6-14/h1-8,15H,9-13H2,(H,24,28)(H,25,29). The Bertz CT molecular complexity index is 887. The van der Waals surface area contributed by atoms with Crippen LogP contribution in [0.2, 0.25) is 5.02 Å². The molecule has 1 atom stereocenters. The number of nitrogens with zero attached hydrogens (tertiary/aromatic N) is 1. The second kappa shape index (κ2) is 9.52. The Morgan fingerprint density at radius 2 is 1.79 bits per heavy atom. The lowest BCUT2D eigenvalue weighted by atomic mass is 10.1. The zero-order chi connectivity index (χ0) is 20.8. The van der Waals surface area contributed by atoms with Gasteiger partial charge in [0.05, 0.1) is 16.5 Å². The number of hydrogen-bond donors (Lipinski definition) is 2. The summed E-state index contributed by atoms with van der Waals surface area (Å²) in [6.45, 7) is 1.11. The van der Waals surface area contributed by atoms with Crippen LogP contribution in [0.3, 0.4) is 0 Å². The molecule has 8 heteroatoms. The molecule has 29 heavy (non-hydrogen) atoms. The predicted octanol–water partition coefficient (Wildman–Crippen LogP) is 2.37. The molecular weight excluding hydrogens is 397 g/mol. The number of hydrogen-bond acceptors (Lipinski definition) is 3. The summed E-state index contributed by atoms with van der Waals surface area (Å²) in [5.41, 5.74) is 0.787. The number of nitrogens with one attached hydrogen (secondary N) is 2. The van der Waals surface area contributed by atoms with Crippen LogP contribution >= 0.6 is 11.6 Å². The van der Waals surface area contributed by atoms with Gasteiger partial charge < -0.3 is 15.5 Å². The fourth-order valence-corrected chi connectivity index (χ4v) is 3.46. The zero-order valence-corrected chi connectivity index (χ0v) is 16.4. The molecule has 1 aliphatic heterocycles. The lowest BCUT2D eigenvalue weighted by Gasteiger charge is -2.16. The van der Waals surface area contributed by atoms with Gasteiger partial charge in [0, 0.05) is 32.6 Å². The van der Waals surface area contributed by atoms with Crippen molar-refractivity contribution in [2.45, 2.75) is 13.0 Å². The summed E-state index contributed by atoms with van der Waals surface area (Å²) in [6.07, 6.45) is 0.163. The highest BCUT2D eigenvalue weighted by Gasteiger charge is 2.34. The maximum absolute atomic E-state index is 13.7. The first kappa shape index (κ1) is 20.8. The van der Waals surface area contributed by atoms with Gasteiger partial charge in [0.15, 0.2) is 0 Å². The summed E-state index contributed by atoms with van der Waals surface area (Å²) >= 11 is 5.85. The highest BCUT2D eigenvalue weighted by molar-refractivity contribution is 6.33. The van der Waals surface area contributed by atoms with Crippen molar-refractivity contribution in [3.63, 3.8) is 0 Å². The largest absolute Gasteiger partial charge is 0.354 e. The normalized spacial score (nSPS) is 16.0. The third kappa shape index (κ3) is 5.32. The van der Waals surface area contributed by atoms with Gasteiger partial charge in [-0.25, -0.2) is 4.39 Å². The van der Waals surface area contributed by atoms with Gasteiger partial charge in [0.25, 0.3) is 5.91 Å². The van der Waals surface area contributed by atoms with Crippen molar-refractivity contribution < 1.29 is 18.8 Å². The van der Waals surface area contributed by atoms with Gasteiger partial charge in [0.1, 0.15) is 5.82 Å². The minimum absolute atomic E-state index is 0.0227. The van der Waals surface area contributed by atoms with E-state index in [1.54, 1.807) is 4.90 Å². The smallest absolute Gasteiger partial charge is 0.255 e. The summed E-state index contributed by atoms with van der Waals surface area (Å²) in [4.78, 5) is 38.2. The SMILES string of the molecule is O=C(NCCNC(=O)C1CC(=O)N(Cc2ccccc2)C1)c1c(F)cccc1Cl. The van der Waals surface area contributed by atoms with Crippen LogP contribution in [-0.2, 0) is 16.1 Å². The lowest BCUT2D eigenvalue weighted by Crippen LogP contribution is -2.38. The molecule has 3 amide bonds. The highest BCUT2D eigenvalue weighted by Crippen LogP contribution is 2.20. The van der Waals surface area contributed by atoms with Crippen LogP contribution < -0.4 is 10.6 Å². The lowest BCUT2D eigenvalue weighted by molar-refractivity contribution is -0.129. The third-order valence-corrected chi connectivity index (χ3v) is 5.02. The van der Waals surface area contributed by atoms with E-state index in [4.69, 9.17) is 11.6 Å². The number of benzene rings is 2. The molecule has 1 fully saturated rings. The van der Waals surface area contributed by atoms with E-state index in [1.807, 2.05) is 30.3 Å². The van der Waals surface area contributed by atoms with Crippen molar-refractivity contribution in [2.75, 3.05) is 19.6 Å². The van der Waals surface area contributed by atoms with Gasteiger partial charge in [-0.15, -0.1) is 0 Å². The van der Waals surface area contributed by atoms with E-state index >= 15 is 0 Å². The molecule has 0 aromatic heterocycles. The molecule has 1 unspecified atom stereocenters. The Balaban J connectivity index is 1.43. The molecule has 3 rings (SSSR count). The number of carbonyl (C=O) groups is 3. The van der Waals surface area contributed by atoms with Crippen molar-refractivity contribution in [2.24, 2.45) is 5.92 Å². The molecule has 0 radical (unpaired) electrons. The number of carbonyl (C=O) groups excluding carboxylic acids is 3. The topological polar surface area (TPSA) is 78.5 Å². The fourth-order valence-electron chi connectivity index (χ4n) is 3.21. The quantitative estimate of drug-likeness (QED) is 0.679. The number of halogens is 2. The number of likely N-dealkylation sites (tertiary alicyclic amines) is 1. The van der Waals surface area contributed by atoms with Crippen LogP contribution in [0.1, 0.15) is 22.3 Å². The fraction of sp³-hybridized carbons (Fsp3) is 0.286. The van der Waals surface area contributed by atoms with Crippen LogP contribution in [0.4, 0.5) is 4.39 Å². The van der Waals surface area contributed by atoms with Crippen LogP contribution in [0.5, 0.6) is 0 Å². The van der Waals surface area contributed by atoms with Gasteiger partial charge in [0.2, 0.25) is 11.8 Å². The van der Waals surface area contributed by atoms with E-state index in [1.165, 1.54) is 12.1 Å². The summed E-state index contributed by atoms with van der Waals surface area (Å²) in [5.74, 6) is -2.08. The maximum atomic E-state index is 13.7. The first-order valence-corrected chi connectivity index (χ1v) is 9.65. The van der Waals surface area contributed by atoms with Gasteiger partial charge in [-0.05, 0) is 17.7 Å². The Labute approximate surface area is 173 Å². The number of amides is 3. The minimum Gasteiger partial charge on any atom is -0.354 e. The molecule has 0 saturated carbocycles. The minimum atomic E-state index is -0.706. The Morgan fingerprint density at radius 3 is 2.52 bits per heavy atom. The number of rotatable bonds is 7. The Morgan fingerprint density at radius 1 is 1.07 bits per heavy atom. The van der Waals surface area contributed by atoms with Gasteiger partial charge in [-0.3, -0.25) is 14.4 Å². The molecule has 0 aliphatic carbocycles.